The SMILES string of the molecule is CCOc1cc(NCCc2nccn2C)ccc1[N+](=O)[O-]. The molecule has 0 aliphatic heterocycles. The van der Waals surface area contributed by atoms with Gasteiger partial charge in [0.1, 0.15) is 5.82 Å². The van der Waals surface area contributed by atoms with Crippen LogP contribution in [0.3, 0.4) is 0 Å². The average molecular weight is 290 g/mol. The minimum Gasteiger partial charge on any atom is -0.487 e. The van der Waals surface area contributed by atoms with Crippen LogP contribution in [-0.2, 0) is 13.5 Å². The Labute approximate surface area is 122 Å². The molecule has 0 saturated carbocycles. The van der Waals surface area contributed by atoms with E-state index >= 15 is 0 Å². The van der Waals surface area contributed by atoms with Gasteiger partial charge in [0.2, 0.25) is 0 Å². The van der Waals surface area contributed by atoms with E-state index in [0.717, 1.165) is 17.9 Å². The van der Waals surface area contributed by atoms with Crippen molar-refractivity contribution in [3.05, 3.63) is 46.5 Å². The lowest BCUT2D eigenvalue weighted by Gasteiger charge is -2.09. The summed E-state index contributed by atoms with van der Waals surface area (Å²) in [6.07, 6.45) is 4.42. The van der Waals surface area contributed by atoms with Crippen LogP contribution >= 0.6 is 0 Å². The van der Waals surface area contributed by atoms with Crippen molar-refractivity contribution in [2.75, 3.05) is 18.5 Å². The van der Waals surface area contributed by atoms with E-state index in [9.17, 15) is 10.1 Å². The normalized spacial score (nSPS) is 10.4. The molecule has 0 spiro atoms. The van der Waals surface area contributed by atoms with Gasteiger partial charge in [-0.1, -0.05) is 0 Å². The van der Waals surface area contributed by atoms with Crippen molar-refractivity contribution in [2.45, 2.75) is 13.3 Å². The first-order valence-electron chi connectivity index (χ1n) is 6.73. The van der Waals surface area contributed by atoms with Crippen LogP contribution in [0.1, 0.15) is 12.7 Å². The molecule has 0 fully saturated rings. The van der Waals surface area contributed by atoms with E-state index < -0.39 is 4.92 Å². The molecule has 0 atom stereocenters. The fraction of sp³-hybridized carbons (Fsp3) is 0.357. The fourth-order valence-corrected chi connectivity index (χ4v) is 2.00. The van der Waals surface area contributed by atoms with E-state index in [1.165, 1.54) is 6.07 Å². The smallest absolute Gasteiger partial charge is 0.311 e. The van der Waals surface area contributed by atoms with Crippen LogP contribution in [0.4, 0.5) is 11.4 Å². The average Bonchev–Trinajstić information content (AvgIpc) is 2.85. The Bertz CT molecular complexity index is 624. The van der Waals surface area contributed by atoms with Crippen molar-refractivity contribution in [3.8, 4) is 5.75 Å². The van der Waals surface area contributed by atoms with Crippen LogP contribution in [-0.4, -0.2) is 27.6 Å². The molecule has 1 heterocycles. The number of nitrogens with one attached hydrogen (secondary N) is 1. The van der Waals surface area contributed by atoms with Gasteiger partial charge in [0.05, 0.1) is 11.5 Å². The highest BCUT2D eigenvalue weighted by Crippen LogP contribution is 2.30. The van der Waals surface area contributed by atoms with Gasteiger partial charge in [0, 0.05) is 50.2 Å². The van der Waals surface area contributed by atoms with Gasteiger partial charge < -0.3 is 14.6 Å². The van der Waals surface area contributed by atoms with Crippen molar-refractivity contribution in [1.82, 2.24) is 9.55 Å². The summed E-state index contributed by atoms with van der Waals surface area (Å²) in [5, 5.41) is 14.1. The third-order valence-electron chi connectivity index (χ3n) is 3.06. The molecule has 0 aliphatic rings. The van der Waals surface area contributed by atoms with Crippen LogP contribution < -0.4 is 10.1 Å². The summed E-state index contributed by atoms with van der Waals surface area (Å²) in [6.45, 7) is 2.87. The van der Waals surface area contributed by atoms with Crippen molar-refractivity contribution in [1.29, 1.82) is 0 Å². The number of aromatic nitrogens is 2. The highest BCUT2D eigenvalue weighted by molar-refractivity contribution is 5.58. The lowest BCUT2D eigenvalue weighted by atomic mass is 10.2. The van der Waals surface area contributed by atoms with Gasteiger partial charge in [-0.2, -0.15) is 0 Å². The first-order valence-corrected chi connectivity index (χ1v) is 6.73. The quantitative estimate of drug-likeness (QED) is 0.625. The Morgan fingerprint density at radius 3 is 2.90 bits per heavy atom. The predicted octanol–water partition coefficient (Wildman–Crippen LogP) is 2.38. The molecule has 0 saturated heterocycles. The van der Waals surface area contributed by atoms with Crippen LogP contribution in [0, 0.1) is 10.1 Å². The van der Waals surface area contributed by atoms with E-state index in [2.05, 4.69) is 10.3 Å². The standard InChI is InChI=1S/C14H18N4O3/c1-3-21-13-10-11(4-5-12(13)18(19)20)15-7-6-14-16-8-9-17(14)2/h4-5,8-10,15H,3,6-7H2,1-2H3. The van der Waals surface area contributed by atoms with Gasteiger partial charge in [0.15, 0.2) is 5.75 Å². The second-order valence-electron chi connectivity index (χ2n) is 4.50. The van der Waals surface area contributed by atoms with Gasteiger partial charge in [-0.15, -0.1) is 0 Å². The molecule has 0 amide bonds. The van der Waals surface area contributed by atoms with Gasteiger partial charge in [0.25, 0.3) is 0 Å². The number of hydrogen-bond donors (Lipinski definition) is 1. The maximum atomic E-state index is 10.9. The summed E-state index contributed by atoms with van der Waals surface area (Å²) in [5.41, 5.74) is 0.768. The molecule has 2 aromatic rings. The minimum atomic E-state index is -0.442. The van der Waals surface area contributed by atoms with Gasteiger partial charge >= 0.3 is 5.69 Å². The minimum absolute atomic E-state index is 0.0218. The molecule has 112 valence electrons. The van der Waals surface area contributed by atoms with Crippen LogP contribution in [0.15, 0.2) is 30.6 Å². The predicted molar refractivity (Wildman–Crippen MR) is 79.7 cm³/mol. The summed E-state index contributed by atoms with van der Waals surface area (Å²) < 4.78 is 7.27. The Hall–Kier alpha value is -2.57. The molecule has 1 aromatic heterocycles. The molecular weight excluding hydrogens is 272 g/mol. The van der Waals surface area contributed by atoms with Crippen molar-refractivity contribution in [2.24, 2.45) is 7.05 Å². The number of hydrogen-bond acceptors (Lipinski definition) is 5. The second-order valence-corrected chi connectivity index (χ2v) is 4.50. The lowest BCUT2D eigenvalue weighted by Crippen LogP contribution is -2.09. The van der Waals surface area contributed by atoms with E-state index in [4.69, 9.17) is 4.74 Å². The van der Waals surface area contributed by atoms with E-state index in [1.54, 1.807) is 25.3 Å². The van der Waals surface area contributed by atoms with E-state index in [0.29, 0.717) is 13.2 Å². The zero-order chi connectivity index (χ0) is 15.2. The number of ether oxygens (including phenoxy) is 1. The molecule has 0 aliphatic carbocycles. The molecule has 21 heavy (non-hydrogen) atoms. The lowest BCUT2D eigenvalue weighted by molar-refractivity contribution is -0.385. The van der Waals surface area contributed by atoms with Crippen LogP contribution in [0.25, 0.3) is 0 Å². The summed E-state index contributed by atoms with van der Waals surface area (Å²) in [4.78, 5) is 14.7. The monoisotopic (exact) mass is 290 g/mol. The summed E-state index contributed by atoms with van der Waals surface area (Å²) in [5.74, 6) is 1.26. The molecule has 1 aromatic carbocycles. The Kier molecular flexibility index (Phi) is 4.76. The number of nitro groups is 1. The number of aryl methyl sites for hydroxylation is 1. The third kappa shape index (κ3) is 3.71. The third-order valence-corrected chi connectivity index (χ3v) is 3.06. The number of nitro benzene ring substituents is 1. The molecule has 0 unspecified atom stereocenters. The molecule has 0 radical (unpaired) electrons. The summed E-state index contributed by atoms with van der Waals surface area (Å²) in [6, 6.07) is 4.78. The van der Waals surface area contributed by atoms with Crippen LogP contribution in [0.2, 0.25) is 0 Å². The summed E-state index contributed by atoms with van der Waals surface area (Å²) >= 11 is 0. The zero-order valence-corrected chi connectivity index (χ0v) is 12.1. The molecular formula is C14H18N4O3. The van der Waals surface area contributed by atoms with Gasteiger partial charge in [-0.05, 0) is 13.0 Å². The zero-order valence-electron chi connectivity index (χ0n) is 12.1. The molecule has 7 heteroatoms. The topological polar surface area (TPSA) is 82.2 Å². The Morgan fingerprint density at radius 1 is 1.48 bits per heavy atom. The first kappa shape index (κ1) is 14.8. The number of imidazole rings is 1. The fourth-order valence-electron chi connectivity index (χ4n) is 2.00. The van der Waals surface area contributed by atoms with Crippen molar-refractivity contribution in [3.63, 3.8) is 0 Å². The number of rotatable bonds is 7. The van der Waals surface area contributed by atoms with Gasteiger partial charge in [-0.25, -0.2) is 4.98 Å². The van der Waals surface area contributed by atoms with Crippen molar-refractivity contribution < 1.29 is 9.66 Å². The number of anilines is 1. The molecule has 7 nitrogen and oxygen atoms in total. The second kappa shape index (κ2) is 6.74. The maximum absolute atomic E-state index is 10.9. The van der Waals surface area contributed by atoms with Crippen LogP contribution in [0.5, 0.6) is 5.75 Å². The van der Waals surface area contributed by atoms with E-state index in [-0.39, 0.29) is 11.4 Å². The summed E-state index contributed by atoms with van der Waals surface area (Å²) in [7, 11) is 1.95. The maximum Gasteiger partial charge on any atom is 0.311 e. The highest BCUT2D eigenvalue weighted by atomic mass is 16.6. The molecule has 2 rings (SSSR count). The molecule has 0 bridgehead atoms. The Morgan fingerprint density at radius 2 is 2.29 bits per heavy atom. The first-order chi connectivity index (χ1) is 10.1. The van der Waals surface area contributed by atoms with Gasteiger partial charge in [-0.3, -0.25) is 10.1 Å². The molecule has 1 N–H and O–H groups in total. The Balaban J connectivity index is 2.01. The van der Waals surface area contributed by atoms with E-state index in [1.807, 2.05) is 17.8 Å². The highest BCUT2D eigenvalue weighted by Gasteiger charge is 2.15. The number of benzene rings is 1. The number of nitrogens with zero attached hydrogens (tertiary/aromatic N) is 3. The van der Waals surface area contributed by atoms with Crippen molar-refractivity contribution >= 4 is 11.4 Å². The largest absolute Gasteiger partial charge is 0.487 e.